The van der Waals surface area contributed by atoms with Crippen LogP contribution in [0.1, 0.15) is 59.8 Å². The molecule has 0 aromatic rings. The zero-order chi connectivity index (χ0) is 18.8. The van der Waals surface area contributed by atoms with E-state index in [0.717, 1.165) is 12.3 Å². The van der Waals surface area contributed by atoms with Crippen LogP contribution < -0.4 is 0 Å². The molecule has 0 heterocycles. The minimum atomic E-state index is -3.81. The predicted molar refractivity (Wildman–Crippen MR) is 101 cm³/mol. The van der Waals surface area contributed by atoms with Crippen LogP contribution in [0.15, 0.2) is 0 Å². The van der Waals surface area contributed by atoms with E-state index in [1.807, 2.05) is 0 Å². The van der Waals surface area contributed by atoms with Gasteiger partial charge in [0.2, 0.25) is 0 Å². The van der Waals surface area contributed by atoms with E-state index in [9.17, 15) is 0 Å². The van der Waals surface area contributed by atoms with Gasteiger partial charge in [-0.1, -0.05) is 40.0 Å². The topological polar surface area (TPSA) is 121 Å². The van der Waals surface area contributed by atoms with Crippen LogP contribution in [-0.4, -0.2) is 29.4 Å². The van der Waals surface area contributed by atoms with E-state index in [1.54, 1.807) is 0 Å². The molecule has 0 atom stereocenters. The summed E-state index contributed by atoms with van der Waals surface area (Å²) in [6.07, 6.45) is 8.46. The number of hydrogen-bond acceptors (Lipinski definition) is 2. The molecule has 0 aliphatic carbocycles. The SMILES string of the molecule is C[CH-]CC.OP(O)(O)=S.OP(O)(O)=S.[CH2-]CCCCC(C)C.[Zn+2]. The van der Waals surface area contributed by atoms with Gasteiger partial charge in [-0.05, 0) is 29.5 Å². The van der Waals surface area contributed by atoms with Gasteiger partial charge >= 0.3 is 32.9 Å². The number of hydrogen-bond donors (Lipinski definition) is 6. The van der Waals surface area contributed by atoms with Gasteiger partial charge in [0.25, 0.3) is 0 Å². The fourth-order valence-corrected chi connectivity index (χ4v) is 0.729. The first-order valence-electron chi connectivity index (χ1n) is 6.82. The van der Waals surface area contributed by atoms with Crippen LogP contribution in [0.5, 0.6) is 0 Å². The summed E-state index contributed by atoms with van der Waals surface area (Å²) in [6, 6.07) is 0. The third-order valence-electron chi connectivity index (χ3n) is 1.69. The van der Waals surface area contributed by atoms with Gasteiger partial charge in [0.15, 0.2) is 0 Å². The standard InChI is InChI=1S/C8H17.C4H9.2H3O3PS.Zn/c1-4-5-6-7-8(2)3;1-3-4-2;2*1-4(2,3)5;/h8H,1,4-7H2,2-3H3;3H,4H2,1-2H3;2*(H3,1,2,3,5);/q2*-1;;;+2. The summed E-state index contributed by atoms with van der Waals surface area (Å²) in [4.78, 5) is 45.3. The van der Waals surface area contributed by atoms with E-state index in [1.165, 1.54) is 25.7 Å². The Morgan fingerprint density at radius 3 is 1.35 bits per heavy atom. The van der Waals surface area contributed by atoms with Gasteiger partial charge in [0, 0.05) is 0 Å². The molecular weight excluding hydrogens is 432 g/mol. The first kappa shape index (κ1) is 35.7. The third-order valence-corrected chi connectivity index (χ3v) is 1.69. The summed E-state index contributed by atoms with van der Waals surface area (Å²) >= 11 is 7.21. The van der Waals surface area contributed by atoms with Crippen LogP contribution in [-0.2, 0) is 43.1 Å². The van der Waals surface area contributed by atoms with Crippen LogP contribution in [0.2, 0.25) is 0 Å². The fraction of sp³-hybridized carbons (Fsp3) is 0.833. The van der Waals surface area contributed by atoms with Crippen molar-refractivity contribution < 1.29 is 48.8 Å². The first-order valence-corrected chi connectivity index (χ1v) is 12.1. The molecule has 0 fully saturated rings. The number of unbranched alkanes of at least 4 members (excludes halogenated alkanes) is 3. The molecule has 140 valence electrons. The van der Waals surface area contributed by atoms with E-state index in [2.05, 4.69) is 64.7 Å². The molecule has 0 aliphatic heterocycles. The molecule has 0 bridgehead atoms. The summed E-state index contributed by atoms with van der Waals surface area (Å²) in [5.74, 6) is 0.876. The van der Waals surface area contributed by atoms with E-state index in [0.29, 0.717) is 0 Å². The van der Waals surface area contributed by atoms with Crippen molar-refractivity contribution in [2.75, 3.05) is 0 Å². The van der Waals surface area contributed by atoms with Gasteiger partial charge in [0.1, 0.15) is 0 Å². The second-order valence-corrected chi connectivity index (χ2v) is 9.58. The predicted octanol–water partition coefficient (Wildman–Crippen LogP) is 3.03. The Labute approximate surface area is 164 Å². The summed E-state index contributed by atoms with van der Waals surface area (Å²) in [5, 5.41) is 0. The maximum absolute atomic E-state index is 7.56. The normalized spacial score (nSPS) is 10.1. The minimum Gasteiger partial charge on any atom is -0.343 e. The third kappa shape index (κ3) is 189. The van der Waals surface area contributed by atoms with Crippen molar-refractivity contribution >= 4 is 37.1 Å². The largest absolute Gasteiger partial charge is 2.00 e. The van der Waals surface area contributed by atoms with E-state index in [4.69, 9.17) is 29.4 Å². The molecule has 6 nitrogen and oxygen atoms in total. The molecule has 0 radical (unpaired) electrons. The van der Waals surface area contributed by atoms with Crippen LogP contribution in [0, 0.1) is 19.3 Å². The molecular formula is C12H32O6P2S2Zn. The quantitative estimate of drug-likeness (QED) is 0.159. The van der Waals surface area contributed by atoms with Crippen molar-refractivity contribution in [3.63, 3.8) is 0 Å². The molecule has 0 saturated carbocycles. The second-order valence-electron chi connectivity index (χ2n) is 4.59. The second kappa shape index (κ2) is 23.7. The summed E-state index contributed by atoms with van der Waals surface area (Å²) < 4.78 is 0. The van der Waals surface area contributed by atoms with Crippen molar-refractivity contribution in [3.05, 3.63) is 13.3 Å². The van der Waals surface area contributed by atoms with Gasteiger partial charge in [-0.3, -0.25) is 0 Å². The molecule has 0 aliphatic rings. The van der Waals surface area contributed by atoms with Crippen LogP contribution in [0.3, 0.4) is 0 Å². The molecule has 0 spiro atoms. The van der Waals surface area contributed by atoms with Gasteiger partial charge in [0.05, 0.1) is 0 Å². The molecule has 23 heavy (non-hydrogen) atoms. The first-order chi connectivity index (χ1) is 9.68. The molecule has 0 rings (SSSR count). The van der Waals surface area contributed by atoms with Crippen molar-refractivity contribution in [2.45, 2.75) is 59.8 Å². The molecule has 0 unspecified atom stereocenters. The van der Waals surface area contributed by atoms with Crippen LogP contribution in [0.25, 0.3) is 0 Å². The molecule has 0 aromatic carbocycles. The summed E-state index contributed by atoms with van der Waals surface area (Å²) in [5.41, 5.74) is 0. The Bertz CT molecular complexity index is 259. The zero-order valence-corrected chi connectivity index (χ0v) is 20.9. The summed E-state index contributed by atoms with van der Waals surface area (Å²) in [7, 11) is 0. The molecule has 11 heteroatoms. The average molecular weight is 464 g/mol. The van der Waals surface area contributed by atoms with Crippen molar-refractivity contribution in [1.82, 2.24) is 0 Å². The average Bonchev–Trinajstić information content (AvgIpc) is 2.25. The maximum atomic E-state index is 7.56. The Kier molecular flexibility index (Phi) is 36.8. The van der Waals surface area contributed by atoms with Crippen LogP contribution in [0.4, 0.5) is 0 Å². The summed E-state index contributed by atoms with van der Waals surface area (Å²) in [6.45, 7) is 4.89. The minimum absolute atomic E-state index is 0. The van der Waals surface area contributed by atoms with Crippen molar-refractivity contribution in [3.8, 4) is 0 Å². The van der Waals surface area contributed by atoms with E-state index >= 15 is 0 Å². The molecule has 0 aromatic heterocycles. The van der Waals surface area contributed by atoms with Gasteiger partial charge in [-0.25, -0.2) is 0 Å². The maximum Gasteiger partial charge on any atom is 2.00 e. The molecule has 0 saturated heterocycles. The van der Waals surface area contributed by atoms with Crippen molar-refractivity contribution in [2.24, 2.45) is 5.92 Å². The number of rotatable bonds is 5. The van der Waals surface area contributed by atoms with Gasteiger partial charge in [-0.15, -0.1) is 0 Å². The molecule has 0 amide bonds. The Hall–Kier alpha value is 1.68. The fourth-order valence-electron chi connectivity index (χ4n) is 0.729. The molecule has 6 N–H and O–H groups in total. The van der Waals surface area contributed by atoms with Crippen LogP contribution >= 0.6 is 13.4 Å². The van der Waals surface area contributed by atoms with Gasteiger partial charge < -0.3 is 42.7 Å². The Morgan fingerprint density at radius 1 is 0.957 bits per heavy atom. The van der Waals surface area contributed by atoms with Crippen molar-refractivity contribution in [1.29, 1.82) is 0 Å². The Balaban J connectivity index is -0.0000000641. The van der Waals surface area contributed by atoms with Gasteiger partial charge in [-0.2, -0.15) is 19.8 Å². The monoisotopic (exact) mass is 462 g/mol. The zero-order valence-electron chi connectivity index (χ0n) is 14.5. The van der Waals surface area contributed by atoms with E-state index in [-0.39, 0.29) is 19.5 Å². The smallest absolute Gasteiger partial charge is 0.343 e. The Morgan fingerprint density at radius 2 is 1.22 bits per heavy atom. The van der Waals surface area contributed by atoms with E-state index < -0.39 is 13.4 Å².